The summed E-state index contributed by atoms with van der Waals surface area (Å²) in [5, 5.41) is 0. The average Bonchev–Trinajstić information content (AvgIpc) is 2.92. The second-order valence-electron chi connectivity index (χ2n) is 4.15. The highest BCUT2D eigenvalue weighted by atomic mass is 32.2. The number of thioether (sulfide) groups is 1. The van der Waals surface area contributed by atoms with E-state index in [9.17, 15) is 0 Å². The fourth-order valence-corrected chi connectivity index (χ4v) is 8.19. The number of thiophene rings is 3. The van der Waals surface area contributed by atoms with Crippen molar-refractivity contribution in [2.45, 2.75) is 25.2 Å². The van der Waals surface area contributed by atoms with E-state index in [1.807, 2.05) is 34.0 Å². The second kappa shape index (κ2) is 3.25. The molecule has 0 N–H and O–H groups in total. The molecule has 0 fully saturated rings. The molecule has 0 aromatic carbocycles. The van der Waals surface area contributed by atoms with Crippen LogP contribution in [0.25, 0.3) is 18.8 Å². The second-order valence-corrected chi connectivity index (χ2v) is 8.61. The molecule has 0 saturated heterocycles. The SMILES string of the molecule is Cc1sc2c(sc3c4c(sc32)CCS4)c1C. The normalized spacial score (nSPS) is 15.4. The zero-order valence-electron chi connectivity index (χ0n) is 9.05. The van der Waals surface area contributed by atoms with Crippen LogP contribution in [0.15, 0.2) is 4.90 Å². The molecule has 82 valence electrons. The summed E-state index contributed by atoms with van der Waals surface area (Å²) >= 11 is 8.11. The Morgan fingerprint density at radius 2 is 1.69 bits per heavy atom. The largest absolute Gasteiger partial charge is 0.138 e. The maximum atomic E-state index is 2.27. The fraction of sp³-hybridized carbons (Fsp3) is 0.333. The van der Waals surface area contributed by atoms with Crippen molar-refractivity contribution >= 4 is 64.6 Å². The van der Waals surface area contributed by atoms with Gasteiger partial charge in [0.25, 0.3) is 0 Å². The summed E-state index contributed by atoms with van der Waals surface area (Å²) in [4.78, 5) is 4.73. The van der Waals surface area contributed by atoms with Gasteiger partial charge in [-0.05, 0) is 25.8 Å². The van der Waals surface area contributed by atoms with Gasteiger partial charge in [-0.2, -0.15) is 0 Å². The van der Waals surface area contributed by atoms with Gasteiger partial charge >= 0.3 is 0 Å². The van der Waals surface area contributed by atoms with Crippen molar-refractivity contribution in [1.29, 1.82) is 0 Å². The van der Waals surface area contributed by atoms with Gasteiger partial charge in [0.05, 0.1) is 18.8 Å². The molecule has 4 heteroatoms. The Balaban J connectivity index is 2.20. The van der Waals surface area contributed by atoms with Crippen LogP contribution in [0, 0.1) is 13.8 Å². The molecule has 0 atom stereocenters. The molecule has 4 heterocycles. The maximum Gasteiger partial charge on any atom is 0.0644 e. The fourth-order valence-electron chi connectivity index (χ4n) is 2.22. The Hall–Kier alpha value is -0.0300. The Kier molecular flexibility index (Phi) is 2.02. The van der Waals surface area contributed by atoms with Crippen molar-refractivity contribution in [3.05, 3.63) is 15.3 Å². The quantitative estimate of drug-likeness (QED) is 0.529. The zero-order chi connectivity index (χ0) is 10.9. The monoisotopic (exact) mass is 282 g/mol. The zero-order valence-corrected chi connectivity index (χ0v) is 12.3. The van der Waals surface area contributed by atoms with Gasteiger partial charge in [-0.15, -0.1) is 45.8 Å². The van der Waals surface area contributed by atoms with Crippen molar-refractivity contribution in [2.75, 3.05) is 5.75 Å². The number of rotatable bonds is 0. The molecular weight excluding hydrogens is 272 g/mol. The molecule has 1 aliphatic heterocycles. The van der Waals surface area contributed by atoms with Gasteiger partial charge in [-0.25, -0.2) is 0 Å². The molecule has 16 heavy (non-hydrogen) atoms. The van der Waals surface area contributed by atoms with Gasteiger partial charge in [-0.3, -0.25) is 0 Å². The number of hydrogen-bond donors (Lipinski definition) is 0. The van der Waals surface area contributed by atoms with Crippen LogP contribution < -0.4 is 0 Å². The van der Waals surface area contributed by atoms with Crippen molar-refractivity contribution in [3.8, 4) is 0 Å². The van der Waals surface area contributed by atoms with E-state index < -0.39 is 0 Å². The summed E-state index contributed by atoms with van der Waals surface area (Å²) in [6.45, 7) is 4.51. The average molecular weight is 282 g/mol. The van der Waals surface area contributed by atoms with Crippen LogP contribution in [-0.4, -0.2) is 5.75 Å². The van der Waals surface area contributed by atoms with Crippen LogP contribution in [0.4, 0.5) is 0 Å². The summed E-state index contributed by atoms with van der Waals surface area (Å²) in [6.07, 6.45) is 1.29. The Bertz CT molecular complexity index is 710. The van der Waals surface area contributed by atoms with Crippen LogP contribution in [-0.2, 0) is 6.42 Å². The Morgan fingerprint density at radius 1 is 0.875 bits per heavy atom. The highest BCUT2D eigenvalue weighted by Crippen LogP contribution is 2.52. The molecule has 0 aliphatic carbocycles. The highest BCUT2D eigenvalue weighted by Gasteiger charge is 2.23. The summed E-state index contributed by atoms with van der Waals surface area (Å²) in [7, 11) is 0. The van der Waals surface area contributed by atoms with Crippen molar-refractivity contribution in [1.82, 2.24) is 0 Å². The Labute approximate surface area is 110 Å². The van der Waals surface area contributed by atoms with E-state index in [1.165, 1.54) is 22.6 Å². The molecule has 0 spiro atoms. The molecular formula is C12H10S4. The van der Waals surface area contributed by atoms with E-state index in [0.29, 0.717) is 0 Å². The van der Waals surface area contributed by atoms with E-state index in [1.54, 1.807) is 28.6 Å². The van der Waals surface area contributed by atoms with Gasteiger partial charge in [0.2, 0.25) is 0 Å². The van der Waals surface area contributed by atoms with E-state index in [-0.39, 0.29) is 0 Å². The smallest absolute Gasteiger partial charge is 0.0644 e. The summed E-state index contributed by atoms with van der Waals surface area (Å²) < 4.78 is 6.24. The number of fused-ring (bicyclic) bond motifs is 5. The third-order valence-electron chi connectivity index (χ3n) is 3.21. The molecule has 0 unspecified atom stereocenters. The third-order valence-corrected chi connectivity index (χ3v) is 8.82. The minimum atomic E-state index is 1.29. The first-order chi connectivity index (χ1) is 7.75. The highest BCUT2D eigenvalue weighted by molar-refractivity contribution is 8.00. The molecule has 0 radical (unpaired) electrons. The lowest BCUT2D eigenvalue weighted by atomic mass is 10.3. The first-order valence-corrected chi connectivity index (χ1v) is 8.76. The first-order valence-electron chi connectivity index (χ1n) is 5.32. The standard InChI is InChI=1S/C12H10S4/c1-5-6(2)14-10-8(5)16-11-9-7(3-4-13-9)15-12(10)11/h3-4H2,1-2H3. The lowest BCUT2D eigenvalue weighted by Crippen LogP contribution is -1.70. The number of aryl methyl sites for hydroxylation is 3. The number of hydrogen-bond acceptors (Lipinski definition) is 4. The predicted octanol–water partition coefficient (Wildman–Crippen LogP) is 5.44. The van der Waals surface area contributed by atoms with Gasteiger partial charge < -0.3 is 0 Å². The van der Waals surface area contributed by atoms with Crippen LogP contribution >= 0.6 is 45.8 Å². The summed E-state index contributed by atoms with van der Waals surface area (Å²) in [6, 6.07) is 0. The summed E-state index contributed by atoms with van der Waals surface area (Å²) in [5.74, 6) is 1.29. The van der Waals surface area contributed by atoms with Crippen LogP contribution in [0.2, 0.25) is 0 Å². The molecule has 4 rings (SSSR count). The van der Waals surface area contributed by atoms with Crippen LogP contribution in [0.3, 0.4) is 0 Å². The molecule has 0 nitrogen and oxygen atoms in total. The maximum absolute atomic E-state index is 2.27. The molecule has 0 amide bonds. The molecule has 0 bridgehead atoms. The van der Waals surface area contributed by atoms with Crippen LogP contribution in [0.5, 0.6) is 0 Å². The van der Waals surface area contributed by atoms with Gasteiger partial charge in [0.15, 0.2) is 0 Å². The van der Waals surface area contributed by atoms with Crippen LogP contribution in [0.1, 0.15) is 15.3 Å². The summed E-state index contributed by atoms with van der Waals surface area (Å²) in [5.41, 5.74) is 1.50. The topological polar surface area (TPSA) is 0 Å². The van der Waals surface area contributed by atoms with Crippen molar-refractivity contribution < 1.29 is 0 Å². The molecule has 3 aromatic rings. The third kappa shape index (κ3) is 1.11. The van der Waals surface area contributed by atoms with E-state index in [4.69, 9.17) is 0 Å². The minimum absolute atomic E-state index is 1.29. The molecule has 1 aliphatic rings. The lowest BCUT2D eigenvalue weighted by Gasteiger charge is -1.88. The molecule has 3 aromatic heterocycles. The predicted molar refractivity (Wildman–Crippen MR) is 79.0 cm³/mol. The van der Waals surface area contributed by atoms with Gasteiger partial charge in [0.1, 0.15) is 0 Å². The van der Waals surface area contributed by atoms with Crippen molar-refractivity contribution in [3.63, 3.8) is 0 Å². The van der Waals surface area contributed by atoms with Gasteiger partial charge in [-0.1, -0.05) is 0 Å². The lowest BCUT2D eigenvalue weighted by molar-refractivity contribution is 1.21. The van der Waals surface area contributed by atoms with Gasteiger partial charge in [0, 0.05) is 20.4 Å². The van der Waals surface area contributed by atoms with E-state index >= 15 is 0 Å². The first kappa shape index (κ1) is 9.95. The van der Waals surface area contributed by atoms with Crippen molar-refractivity contribution in [2.24, 2.45) is 0 Å². The Morgan fingerprint density at radius 3 is 2.56 bits per heavy atom. The van der Waals surface area contributed by atoms with E-state index in [2.05, 4.69) is 25.6 Å². The van der Waals surface area contributed by atoms with E-state index in [0.717, 1.165) is 0 Å². The minimum Gasteiger partial charge on any atom is -0.138 e. The molecule has 0 saturated carbocycles.